The van der Waals surface area contributed by atoms with Crippen molar-refractivity contribution in [3.05, 3.63) is 46.8 Å². The van der Waals surface area contributed by atoms with E-state index in [9.17, 15) is 4.79 Å². The van der Waals surface area contributed by atoms with Gasteiger partial charge in [-0.3, -0.25) is 4.79 Å². The monoisotopic (exact) mass is 233 g/mol. The Kier molecular flexibility index (Phi) is 2.80. The second-order valence-corrected chi connectivity index (χ2v) is 3.86. The molecule has 0 saturated carbocycles. The number of rotatable bonds is 2. The third kappa shape index (κ3) is 1.74. The lowest BCUT2D eigenvalue weighted by Crippen LogP contribution is -2.03. The minimum Gasteiger partial charge on any atom is -0.478 e. The third-order valence-electron chi connectivity index (χ3n) is 2.44. The van der Waals surface area contributed by atoms with Crippen LogP contribution in [-0.2, 0) is 0 Å². The van der Waals surface area contributed by atoms with Crippen LogP contribution in [0.2, 0.25) is 0 Å². The SMILES string of the molecule is C=C(C)c1ccc(OP)c2[nH]c(=O)ccc12. The van der Waals surface area contributed by atoms with Gasteiger partial charge in [-0.05, 0) is 24.6 Å². The van der Waals surface area contributed by atoms with E-state index in [-0.39, 0.29) is 5.56 Å². The number of allylic oxidation sites excluding steroid dienone is 1. The third-order valence-corrected chi connectivity index (χ3v) is 2.70. The van der Waals surface area contributed by atoms with Crippen molar-refractivity contribution in [3.63, 3.8) is 0 Å². The van der Waals surface area contributed by atoms with Crippen molar-refractivity contribution in [1.29, 1.82) is 0 Å². The Balaban J connectivity index is 2.90. The van der Waals surface area contributed by atoms with Gasteiger partial charge in [0.1, 0.15) is 5.75 Å². The smallest absolute Gasteiger partial charge is 0.248 e. The van der Waals surface area contributed by atoms with E-state index in [0.29, 0.717) is 11.3 Å². The van der Waals surface area contributed by atoms with Crippen LogP contribution in [0.3, 0.4) is 0 Å². The number of fused-ring (bicyclic) bond motifs is 1. The molecule has 0 radical (unpaired) electrons. The molecule has 0 spiro atoms. The zero-order chi connectivity index (χ0) is 11.7. The highest BCUT2D eigenvalue weighted by Crippen LogP contribution is 2.30. The molecular formula is C12H12NO2P. The lowest BCUT2D eigenvalue weighted by molar-refractivity contribution is 0.652. The summed E-state index contributed by atoms with van der Waals surface area (Å²) in [6.45, 7) is 5.85. The molecule has 1 aromatic carbocycles. The van der Waals surface area contributed by atoms with Crippen molar-refractivity contribution in [2.24, 2.45) is 0 Å². The lowest BCUT2D eigenvalue weighted by atomic mass is 10.0. The van der Waals surface area contributed by atoms with Crippen LogP contribution in [0.5, 0.6) is 5.75 Å². The second-order valence-electron chi connectivity index (χ2n) is 3.62. The van der Waals surface area contributed by atoms with Crippen LogP contribution >= 0.6 is 9.47 Å². The molecule has 0 aliphatic heterocycles. The highest BCUT2D eigenvalue weighted by atomic mass is 31.0. The number of aromatic nitrogens is 1. The molecule has 2 rings (SSSR count). The first kappa shape index (κ1) is 10.9. The van der Waals surface area contributed by atoms with E-state index in [4.69, 9.17) is 4.52 Å². The molecule has 3 nitrogen and oxygen atoms in total. The van der Waals surface area contributed by atoms with Crippen molar-refractivity contribution in [2.75, 3.05) is 0 Å². The molecule has 0 fully saturated rings. The Labute approximate surface area is 95.4 Å². The number of nitrogens with one attached hydrogen (secondary N) is 1. The summed E-state index contributed by atoms with van der Waals surface area (Å²) in [5.41, 5.74) is 2.52. The Morgan fingerprint density at radius 2 is 2.12 bits per heavy atom. The number of benzene rings is 1. The minimum atomic E-state index is -0.144. The molecule has 0 saturated heterocycles. The van der Waals surface area contributed by atoms with Gasteiger partial charge in [0.15, 0.2) is 0 Å². The highest BCUT2D eigenvalue weighted by Gasteiger charge is 2.07. The Hall–Kier alpha value is -1.60. The number of aromatic amines is 1. The molecule has 2 aromatic rings. The van der Waals surface area contributed by atoms with Crippen LogP contribution in [0.25, 0.3) is 16.5 Å². The molecule has 0 bridgehead atoms. The van der Waals surface area contributed by atoms with E-state index in [1.807, 2.05) is 19.1 Å². The average molecular weight is 233 g/mol. The summed E-state index contributed by atoms with van der Waals surface area (Å²) in [7, 11) is 2.18. The maximum absolute atomic E-state index is 11.3. The van der Waals surface area contributed by atoms with Gasteiger partial charge < -0.3 is 9.51 Å². The predicted molar refractivity (Wildman–Crippen MR) is 69.6 cm³/mol. The van der Waals surface area contributed by atoms with E-state index >= 15 is 0 Å². The molecule has 82 valence electrons. The van der Waals surface area contributed by atoms with Crippen LogP contribution in [0, 0.1) is 0 Å². The number of hydrogen-bond acceptors (Lipinski definition) is 2. The first-order chi connectivity index (χ1) is 7.63. The van der Waals surface area contributed by atoms with Gasteiger partial charge in [0.2, 0.25) is 5.56 Å². The van der Waals surface area contributed by atoms with Crippen LogP contribution in [0.4, 0.5) is 0 Å². The first-order valence-electron chi connectivity index (χ1n) is 4.82. The summed E-state index contributed by atoms with van der Waals surface area (Å²) in [4.78, 5) is 14.1. The van der Waals surface area contributed by atoms with Gasteiger partial charge in [0, 0.05) is 11.5 Å². The summed E-state index contributed by atoms with van der Waals surface area (Å²) in [6.07, 6.45) is 0. The molecule has 1 aromatic heterocycles. The topological polar surface area (TPSA) is 42.1 Å². The Morgan fingerprint density at radius 3 is 2.75 bits per heavy atom. The van der Waals surface area contributed by atoms with Crippen molar-refractivity contribution < 1.29 is 4.52 Å². The maximum Gasteiger partial charge on any atom is 0.248 e. The Bertz CT molecular complexity index is 616. The van der Waals surface area contributed by atoms with Crippen molar-refractivity contribution in [2.45, 2.75) is 6.92 Å². The highest BCUT2D eigenvalue weighted by molar-refractivity contribution is 7.10. The molecular weight excluding hydrogens is 221 g/mol. The van der Waals surface area contributed by atoms with Gasteiger partial charge in [-0.2, -0.15) is 0 Å². The second kappa shape index (κ2) is 4.11. The van der Waals surface area contributed by atoms with E-state index in [0.717, 1.165) is 16.5 Å². The molecule has 1 N–H and O–H groups in total. The predicted octanol–water partition coefficient (Wildman–Crippen LogP) is 2.73. The van der Waals surface area contributed by atoms with Crippen LogP contribution in [0.15, 0.2) is 35.6 Å². The first-order valence-corrected chi connectivity index (χ1v) is 5.29. The summed E-state index contributed by atoms with van der Waals surface area (Å²) in [5, 5.41) is 0.937. The fraction of sp³-hybridized carbons (Fsp3) is 0.0833. The minimum absolute atomic E-state index is 0.144. The van der Waals surface area contributed by atoms with Crippen LogP contribution in [0.1, 0.15) is 12.5 Å². The summed E-state index contributed by atoms with van der Waals surface area (Å²) in [5.74, 6) is 0.628. The van der Waals surface area contributed by atoms with Gasteiger partial charge >= 0.3 is 0 Å². The normalized spacial score (nSPS) is 10.4. The molecule has 4 heteroatoms. The molecule has 1 heterocycles. The molecule has 16 heavy (non-hydrogen) atoms. The summed E-state index contributed by atoms with van der Waals surface area (Å²) in [6, 6.07) is 7.03. The molecule has 1 unspecified atom stereocenters. The van der Waals surface area contributed by atoms with E-state index in [1.165, 1.54) is 6.07 Å². The fourth-order valence-electron chi connectivity index (χ4n) is 1.70. The van der Waals surface area contributed by atoms with Crippen LogP contribution in [-0.4, -0.2) is 4.98 Å². The molecule has 0 aliphatic rings. The molecule has 1 atom stereocenters. The van der Waals surface area contributed by atoms with Gasteiger partial charge in [-0.15, -0.1) is 0 Å². The van der Waals surface area contributed by atoms with Gasteiger partial charge in [0.25, 0.3) is 0 Å². The number of H-pyrrole nitrogens is 1. The van der Waals surface area contributed by atoms with E-state index in [2.05, 4.69) is 21.0 Å². The van der Waals surface area contributed by atoms with Gasteiger partial charge in [-0.1, -0.05) is 18.2 Å². The van der Waals surface area contributed by atoms with Gasteiger partial charge in [-0.25, -0.2) is 0 Å². The summed E-state index contributed by atoms with van der Waals surface area (Å²) >= 11 is 0. The van der Waals surface area contributed by atoms with Crippen molar-refractivity contribution >= 4 is 25.9 Å². The number of hydrogen-bond donors (Lipinski definition) is 1. The zero-order valence-electron chi connectivity index (χ0n) is 8.91. The van der Waals surface area contributed by atoms with Crippen LogP contribution < -0.4 is 10.1 Å². The summed E-state index contributed by atoms with van der Waals surface area (Å²) < 4.78 is 5.13. The average Bonchev–Trinajstić information content (AvgIpc) is 2.27. The molecule has 0 amide bonds. The van der Waals surface area contributed by atoms with Crippen molar-refractivity contribution in [1.82, 2.24) is 4.98 Å². The largest absolute Gasteiger partial charge is 0.478 e. The standard InChI is InChI=1S/C12H12NO2P/c1-7(2)8-3-5-10(15-16)12-9(8)4-6-11(14)13-12/h3-6H,1,16H2,2H3,(H,13,14). The van der Waals surface area contributed by atoms with E-state index in [1.54, 1.807) is 6.07 Å². The lowest BCUT2D eigenvalue weighted by Gasteiger charge is -2.09. The van der Waals surface area contributed by atoms with E-state index < -0.39 is 0 Å². The maximum atomic E-state index is 11.3. The van der Waals surface area contributed by atoms with Gasteiger partial charge in [0.05, 0.1) is 15.0 Å². The zero-order valence-corrected chi connectivity index (χ0v) is 10.1. The number of pyridine rings is 1. The Morgan fingerprint density at radius 1 is 1.38 bits per heavy atom. The molecule has 0 aliphatic carbocycles. The fourth-order valence-corrected chi connectivity index (χ4v) is 1.89. The quantitative estimate of drug-likeness (QED) is 0.810. The van der Waals surface area contributed by atoms with Crippen molar-refractivity contribution in [3.8, 4) is 5.75 Å².